The van der Waals surface area contributed by atoms with E-state index in [1.54, 1.807) is 0 Å². The lowest BCUT2D eigenvalue weighted by atomic mass is 10.3. The first-order valence-corrected chi connectivity index (χ1v) is 7.07. The van der Waals surface area contributed by atoms with Crippen molar-refractivity contribution in [2.45, 2.75) is 26.8 Å². The van der Waals surface area contributed by atoms with Crippen LogP contribution in [0, 0.1) is 5.82 Å². The molecule has 112 valence electrons. The van der Waals surface area contributed by atoms with Crippen LogP contribution in [0.5, 0.6) is 5.88 Å². The van der Waals surface area contributed by atoms with Gasteiger partial charge < -0.3 is 15.0 Å². The summed E-state index contributed by atoms with van der Waals surface area (Å²) in [5, 5.41) is 6.63. The van der Waals surface area contributed by atoms with Gasteiger partial charge in [0.1, 0.15) is 6.61 Å². The summed E-state index contributed by atoms with van der Waals surface area (Å²) in [6.45, 7) is 8.51. The van der Waals surface area contributed by atoms with Crippen molar-refractivity contribution in [3.05, 3.63) is 11.5 Å². The van der Waals surface area contributed by atoms with Gasteiger partial charge in [0.2, 0.25) is 11.7 Å². The van der Waals surface area contributed by atoms with E-state index in [-0.39, 0.29) is 11.6 Å². The molecule has 1 aromatic rings. The second kappa shape index (κ2) is 6.69. The number of nitrogens with zero attached hydrogens (tertiary/aromatic N) is 3. The first kappa shape index (κ1) is 14.8. The second-order valence-electron chi connectivity index (χ2n) is 4.68. The number of carbonyl (C=O) groups excluding carboxylic acids is 1. The summed E-state index contributed by atoms with van der Waals surface area (Å²) in [6.07, 6.45) is 0.832. The summed E-state index contributed by atoms with van der Waals surface area (Å²) >= 11 is 0. The Balaban J connectivity index is 1.81. The van der Waals surface area contributed by atoms with Crippen molar-refractivity contribution < 1.29 is 13.9 Å². The third-order valence-corrected chi connectivity index (χ3v) is 3.44. The lowest BCUT2D eigenvalue weighted by Gasteiger charge is -2.17. The molecular weight excluding hydrogens is 263 g/mol. The average Bonchev–Trinajstić information content (AvgIpc) is 3.02. The Morgan fingerprint density at radius 1 is 1.50 bits per heavy atom. The Hall–Kier alpha value is -1.63. The molecule has 2 rings (SSSR count). The molecule has 0 bridgehead atoms. The molecule has 0 saturated heterocycles. The third-order valence-electron chi connectivity index (χ3n) is 3.44. The summed E-state index contributed by atoms with van der Waals surface area (Å²) in [7, 11) is 0. The van der Waals surface area contributed by atoms with Crippen molar-refractivity contribution >= 4 is 5.91 Å². The highest BCUT2D eigenvalue weighted by Crippen LogP contribution is 2.24. The lowest BCUT2D eigenvalue weighted by Crippen LogP contribution is -2.30. The molecule has 0 spiro atoms. The van der Waals surface area contributed by atoms with Crippen molar-refractivity contribution in [1.82, 2.24) is 20.0 Å². The Morgan fingerprint density at radius 3 is 2.90 bits per heavy atom. The largest absolute Gasteiger partial charge is 0.474 e. The minimum atomic E-state index is -0.663. The Bertz CT molecular complexity index is 471. The molecule has 1 aromatic heterocycles. The van der Waals surface area contributed by atoms with E-state index < -0.39 is 11.7 Å². The molecule has 0 fully saturated rings. The van der Waals surface area contributed by atoms with Crippen LogP contribution in [0.15, 0.2) is 0 Å². The fraction of sp³-hybridized carbons (Fsp3) is 0.692. The van der Waals surface area contributed by atoms with E-state index >= 15 is 0 Å². The first-order chi connectivity index (χ1) is 9.67. The van der Waals surface area contributed by atoms with Gasteiger partial charge >= 0.3 is 0 Å². The van der Waals surface area contributed by atoms with Crippen LogP contribution in [-0.4, -0.2) is 53.4 Å². The predicted molar refractivity (Wildman–Crippen MR) is 72.4 cm³/mol. The molecule has 0 atom stereocenters. The predicted octanol–water partition coefficient (Wildman–Crippen LogP) is 0.876. The molecular formula is C13H21FN4O2. The molecule has 1 N–H and O–H groups in total. The zero-order valence-electron chi connectivity index (χ0n) is 12.0. The molecule has 6 nitrogen and oxygen atoms in total. The molecule has 2 heterocycles. The Kier molecular flexibility index (Phi) is 4.94. The number of carbonyl (C=O) groups is 1. The van der Waals surface area contributed by atoms with Gasteiger partial charge in [-0.15, -0.1) is 0 Å². The maximum Gasteiger partial charge on any atom is 0.275 e. The number of fused-ring (bicyclic) bond motifs is 1. The van der Waals surface area contributed by atoms with Gasteiger partial charge in [0.15, 0.2) is 5.69 Å². The summed E-state index contributed by atoms with van der Waals surface area (Å²) in [4.78, 5) is 14.1. The molecule has 0 unspecified atom stereocenters. The zero-order chi connectivity index (χ0) is 14.5. The fourth-order valence-corrected chi connectivity index (χ4v) is 2.22. The van der Waals surface area contributed by atoms with Crippen LogP contribution in [0.3, 0.4) is 0 Å². The molecule has 20 heavy (non-hydrogen) atoms. The number of hydrogen-bond acceptors (Lipinski definition) is 4. The maximum atomic E-state index is 13.9. The lowest BCUT2D eigenvalue weighted by molar-refractivity contribution is 0.0941. The Morgan fingerprint density at radius 2 is 2.25 bits per heavy atom. The number of hydrogen-bond donors (Lipinski definition) is 1. The molecule has 1 aliphatic rings. The van der Waals surface area contributed by atoms with E-state index in [1.165, 1.54) is 4.68 Å². The summed E-state index contributed by atoms with van der Waals surface area (Å²) in [5.41, 5.74) is -0.178. The minimum absolute atomic E-state index is 0.0679. The summed E-state index contributed by atoms with van der Waals surface area (Å²) in [5.74, 6) is -1.07. The van der Waals surface area contributed by atoms with Gasteiger partial charge in [-0.05, 0) is 26.1 Å². The quantitative estimate of drug-likeness (QED) is 0.755. The smallest absolute Gasteiger partial charge is 0.275 e. The third kappa shape index (κ3) is 3.09. The van der Waals surface area contributed by atoms with Crippen LogP contribution in [0.1, 0.15) is 30.8 Å². The van der Waals surface area contributed by atoms with Crippen LogP contribution < -0.4 is 10.1 Å². The molecule has 1 amide bonds. The number of ether oxygens (including phenoxy) is 1. The minimum Gasteiger partial charge on any atom is -0.474 e. The molecule has 7 heteroatoms. The van der Waals surface area contributed by atoms with E-state index in [2.05, 4.69) is 29.2 Å². The van der Waals surface area contributed by atoms with Crippen LogP contribution in [-0.2, 0) is 6.54 Å². The number of rotatable bonds is 7. The highest BCUT2D eigenvalue weighted by Gasteiger charge is 2.27. The molecule has 0 aliphatic carbocycles. The second-order valence-corrected chi connectivity index (χ2v) is 4.68. The van der Waals surface area contributed by atoms with Gasteiger partial charge in [-0.3, -0.25) is 4.79 Å². The molecule has 0 aromatic carbocycles. The topological polar surface area (TPSA) is 59.4 Å². The highest BCUT2D eigenvalue weighted by molar-refractivity contribution is 5.92. The van der Waals surface area contributed by atoms with Gasteiger partial charge in [0.25, 0.3) is 5.91 Å². The number of aromatic nitrogens is 2. The number of halogens is 1. The summed E-state index contributed by atoms with van der Waals surface area (Å²) in [6, 6.07) is 0. The van der Waals surface area contributed by atoms with Crippen molar-refractivity contribution in [2.75, 3.05) is 32.8 Å². The number of nitrogens with one attached hydrogen (secondary N) is 1. The average molecular weight is 284 g/mol. The molecule has 0 radical (unpaired) electrons. The van der Waals surface area contributed by atoms with E-state index in [9.17, 15) is 9.18 Å². The van der Waals surface area contributed by atoms with E-state index in [1.807, 2.05) is 0 Å². The summed E-state index contributed by atoms with van der Waals surface area (Å²) < 4.78 is 20.3. The highest BCUT2D eigenvalue weighted by atomic mass is 19.1. The van der Waals surface area contributed by atoms with Crippen LogP contribution >= 0.6 is 0 Å². The van der Waals surface area contributed by atoms with Crippen molar-refractivity contribution in [2.24, 2.45) is 0 Å². The van der Waals surface area contributed by atoms with Gasteiger partial charge in [0, 0.05) is 6.54 Å². The van der Waals surface area contributed by atoms with E-state index in [0.717, 1.165) is 26.1 Å². The van der Waals surface area contributed by atoms with Crippen molar-refractivity contribution in [3.8, 4) is 5.88 Å². The van der Waals surface area contributed by atoms with E-state index in [0.29, 0.717) is 19.7 Å². The van der Waals surface area contributed by atoms with E-state index in [4.69, 9.17) is 4.74 Å². The van der Waals surface area contributed by atoms with Gasteiger partial charge in [-0.1, -0.05) is 13.8 Å². The van der Waals surface area contributed by atoms with Gasteiger partial charge in [0.05, 0.1) is 6.54 Å². The van der Waals surface area contributed by atoms with Gasteiger partial charge in [-0.25, -0.2) is 4.68 Å². The standard InChI is InChI=1S/C13H21FN4O2/c1-3-17(4-2)7-5-6-15-12(19)11-10(14)13-18(16-11)8-9-20-13/h3-9H2,1-2H3,(H,15,19). The van der Waals surface area contributed by atoms with Crippen LogP contribution in [0.25, 0.3) is 0 Å². The molecule has 0 saturated carbocycles. The van der Waals surface area contributed by atoms with Crippen LogP contribution in [0.4, 0.5) is 4.39 Å². The van der Waals surface area contributed by atoms with Crippen molar-refractivity contribution in [1.29, 1.82) is 0 Å². The number of amides is 1. The molecule has 1 aliphatic heterocycles. The normalized spacial score (nSPS) is 13.4. The maximum absolute atomic E-state index is 13.9. The fourth-order valence-electron chi connectivity index (χ4n) is 2.22. The Labute approximate surface area is 117 Å². The van der Waals surface area contributed by atoms with Crippen LogP contribution in [0.2, 0.25) is 0 Å². The zero-order valence-corrected chi connectivity index (χ0v) is 12.0. The van der Waals surface area contributed by atoms with Crippen molar-refractivity contribution in [3.63, 3.8) is 0 Å². The monoisotopic (exact) mass is 284 g/mol. The SMILES string of the molecule is CCN(CC)CCCNC(=O)c1nn2c(c1F)OCC2. The van der Waals surface area contributed by atoms with Gasteiger partial charge in [-0.2, -0.15) is 9.49 Å². The first-order valence-electron chi connectivity index (χ1n) is 7.07.